The molecule has 2 rings (SSSR count). The molecule has 1 heterocycles. The minimum absolute atomic E-state index is 0.138. The molecule has 1 saturated heterocycles. The second-order valence-corrected chi connectivity index (χ2v) is 3.77. The molecule has 1 fully saturated rings. The lowest BCUT2D eigenvalue weighted by atomic mass is 9.88. The van der Waals surface area contributed by atoms with Crippen molar-refractivity contribution < 1.29 is 18.7 Å². The number of nitrogens with zero attached hydrogens (tertiary/aromatic N) is 1. The van der Waals surface area contributed by atoms with E-state index in [1.165, 1.54) is 0 Å². The summed E-state index contributed by atoms with van der Waals surface area (Å²) in [6.45, 7) is 0.268. The van der Waals surface area contributed by atoms with Gasteiger partial charge >= 0.3 is 6.09 Å². The molecule has 0 aromatic heterocycles. The number of amides is 1. The molecular formula is C10H10F2N2O2. The molecule has 4 nitrogen and oxygen atoms in total. The Balaban J connectivity index is 2.40. The molecule has 1 unspecified atom stereocenters. The molecule has 0 radical (unpaired) electrons. The Bertz CT molecular complexity index is 432. The van der Waals surface area contributed by atoms with Gasteiger partial charge in [-0.1, -0.05) is 0 Å². The van der Waals surface area contributed by atoms with Crippen LogP contribution in [0.5, 0.6) is 0 Å². The van der Waals surface area contributed by atoms with E-state index in [2.05, 4.69) is 0 Å². The van der Waals surface area contributed by atoms with Crippen molar-refractivity contribution >= 4 is 6.09 Å². The zero-order valence-corrected chi connectivity index (χ0v) is 8.28. The number of rotatable bonds is 1. The third kappa shape index (κ3) is 1.51. The van der Waals surface area contributed by atoms with Gasteiger partial charge in [0, 0.05) is 19.0 Å². The van der Waals surface area contributed by atoms with Crippen molar-refractivity contribution in [2.45, 2.75) is 12.1 Å². The summed E-state index contributed by atoms with van der Waals surface area (Å²) in [6, 6.07) is 2.83. The fourth-order valence-corrected chi connectivity index (χ4v) is 1.83. The van der Waals surface area contributed by atoms with Crippen molar-refractivity contribution in [3.8, 4) is 0 Å². The summed E-state index contributed by atoms with van der Waals surface area (Å²) in [4.78, 5) is 11.8. The second kappa shape index (κ2) is 3.41. The minimum Gasteiger partial charge on any atom is -0.465 e. The number of nitrogens with two attached hydrogens (primary N) is 1. The van der Waals surface area contributed by atoms with Crippen molar-refractivity contribution in [2.75, 3.05) is 6.54 Å². The highest BCUT2D eigenvalue weighted by atomic mass is 19.1. The van der Waals surface area contributed by atoms with E-state index in [1.54, 1.807) is 0 Å². The van der Waals surface area contributed by atoms with Crippen LogP contribution in [0.25, 0.3) is 0 Å². The van der Waals surface area contributed by atoms with Crippen molar-refractivity contribution in [3.05, 3.63) is 35.4 Å². The lowest BCUT2D eigenvalue weighted by Crippen LogP contribution is -2.64. The highest BCUT2D eigenvalue weighted by Gasteiger charge is 2.46. The topological polar surface area (TPSA) is 66.6 Å². The van der Waals surface area contributed by atoms with Crippen LogP contribution in [0.15, 0.2) is 18.2 Å². The van der Waals surface area contributed by atoms with Crippen LogP contribution in [-0.4, -0.2) is 22.6 Å². The molecule has 1 aliphatic rings. The van der Waals surface area contributed by atoms with Crippen molar-refractivity contribution in [1.82, 2.24) is 4.90 Å². The largest absolute Gasteiger partial charge is 0.465 e. The van der Waals surface area contributed by atoms with Crippen LogP contribution < -0.4 is 5.73 Å². The van der Waals surface area contributed by atoms with Gasteiger partial charge in [-0.25, -0.2) is 13.6 Å². The van der Waals surface area contributed by atoms with E-state index in [9.17, 15) is 13.6 Å². The third-order valence-electron chi connectivity index (χ3n) is 2.79. The van der Waals surface area contributed by atoms with E-state index >= 15 is 0 Å². The van der Waals surface area contributed by atoms with Gasteiger partial charge in [0.25, 0.3) is 0 Å². The van der Waals surface area contributed by atoms with Gasteiger partial charge in [0.1, 0.15) is 17.3 Å². The van der Waals surface area contributed by atoms with Crippen LogP contribution in [0.3, 0.4) is 0 Å². The van der Waals surface area contributed by atoms with Crippen LogP contribution in [0.4, 0.5) is 13.6 Å². The lowest BCUT2D eigenvalue weighted by Gasteiger charge is -2.48. The van der Waals surface area contributed by atoms with Crippen LogP contribution in [0.1, 0.15) is 12.0 Å². The average molecular weight is 228 g/mol. The normalized spacial score (nSPS) is 24.1. The van der Waals surface area contributed by atoms with Crippen molar-refractivity contribution in [1.29, 1.82) is 0 Å². The molecule has 6 heteroatoms. The summed E-state index contributed by atoms with van der Waals surface area (Å²) in [5, 5.41) is 8.83. The first-order valence-electron chi connectivity index (χ1n) is 4.69. The molecule has 0 bridgehead atoms. The summed E-state index contributed by atoms with van der Waals surface area (Å²) in [6.07, 6.45) is -0.847. The Hall–Kier alpha value is -1.69. The third-order valence-corrected chi connectivity index (χ3v) is 2.79. The quantitative estimate of drug-likeness (QED) is 0.764. The zero-order chi connectivity index (χ0) is 11.9. The number of benzene rings is 1. The predicted octanol–water partition coefficient (Wildman–Crippen LogP) is 1.46. The van der Waals surface area contributed by atoms with E-state index in [1.807, 2.05) is 0 Å². The fraction of sp³-hybridized carbons (Fsp3) is 0.300. The number of carboxylic acid groups (broad SMARTS) is 1. The summed E-state index contributed by atoms with van der Waals surface area (Å²) >= 11 is 0. The van der Waals surface area contributed by atoms with E-state index in [0.717, 1.165) is 23.1 Å². The summed E-state index contributed by atoms with van der Waals surface area (Å²) < 4.78 is 26.0. The minimum atomic E-state index is -1.31. The van der Waals surface area contributed by atoms with Gasteiger partial charge in [0.15, 0.2) is 0 Å². The molecule has 1 aromatic rings. The van der Waals surface area contributed by atoms with Crippen molar-refractivity contribution in [2.24, 2.45) is 5.73 Å². The molecule has 0 aliphatic carbocycles. The molecular weight excluding hydrogens is 218 g/mol. The van der Waals surface area contributed by atoms with Gasteiger partial charge in [-0.15, -0.1) is 0 Å². The molecule has 1 atom stereocenters. The average Bonchev–Trinajstić information content (AvgIpc) is 2.12. The monoisotopic (exact) mass is 228 g/mol. The first-order valence-corrected chi connectivity index (χ1v) is 4.69. The molecule has 86 valence electrons. The highest BCUT2D eigenvalue weighted by molar-refractivity contribution is 5.68. The van der Waals surface area contributed by atoms with E-state index in [4.69, 9.17) is 10.8 Å². The summed E-state index contributed by atoms with van der Waals surface area (Å²) in [5.41, 5.74) is 4.65. The smallest absolute Gasteiger partial charge is 0.409 e. The maximum atomic E-state index is 13.0. The first kappa shape index (κ1) is 10.8. The number of likely N-dealkylation sites (tertiary alicyclic amines) is 1. The molecule has 3 N–H and O–H groups in total. The van der Waals surface area contributed by atoms with Crippen LogP contribution in [0.2, 0.25) is 0 Å². The van der Waals surface area contributed by atoms with Crippen molar-refractivity contribution in [3.63, 3.8) is 0 Å². The Morgan fingerprint density at radius 3 is 2.31 bits per heavy atom. The molecule has 16 heavy (non-hydrogen) atoms. The van der Waals surface area contributed by atoms with Gasteiger partial charge in [0.05, 0.1) is 0 Å². The van der Waals surface area contributed by atoms with Crippen LogP contribution in [0, 0.1) is 11.6 Å². The van der Waals surface area contributed by atoms with Gasteiger partial charge in [-0.2, -0.15) is 0 Å². The molecule has 1 aromatic carbocycles. The van der Waals surface area contributed by atoms with Gasteiger partial charge in [0.2, 0.25) is 0 Å². The highest BCUT2D eigenvalue weighted by Crippen LogP contribution is 2.35. The predicted molar refractivity (Wildman–Crippen MR) is 51.6 cm³/mol. The zero-order valence-electron chi connectivity index (χ0n) is 8.28. The second-order valence-electron chi connectivity index (χ2n) is 3.77. The molecule has 1 amide bonds. The number of hydrogen-bond acceptors (Lipinski definition) is 2. The maximum absolute atomic E-state index is 13.0. The fourth-order valence-electron chi connectivity index (χ4n) is 1.83. The lowest BCUT2D eigenvalue weighted by molar-refractivity contribution is 0.000163. The van der Waals surface area contributed by atoms with Crippen LogP contribution in [-0.2, 0) is 5.66 Å². The number of carbonyl (C=O) groups is 1. The van der Waals surface area contributed by atoms with Crippen LogP contribution >= 0.6 is 0 Å². The number of hydrogen-bond donors (Lipinski definition) is 2. The first-order chi connectivity index (χ1) is 7.43. The Kier molecular flexibility index (Phi) is 2.31. The SMILES string of the molecule is NC1(c2cc(F)cc(F)c2)CCN1C(=O)O. The molecule has 1 aliphatic heterocycles. The standard InChI is InChI=1S/C10H10F2N2O2/c11-7-3-6(4-8(12)5-7)10(13)1-2-14(10)9(15)16/h3-5H,1-2,13H2,(H,15,16). The van der Waals surface area contributed by atoms with E-state index in [0.29, 0.717) is 6.42 Å². The van der Waals surface area contributed by atoms with E-state index < -0.39 is 23.4 Å². The Morgan fingerprint density at radius 2 is 1.94 bits per heavy atom. The molecule has 0 spiro atoms. The summed E-state index contributed by atoms with van der Waals surface area (Å²) in [5.74, 6) is -1.53. The van der Waals surface area contributed by atoms with E-state index in [-0.39, 0.29) is 12.1 Å². The van der Waals surface area contributed by atoms with Gasteiger partial charge in [-0.05, 0) is 17.7 Å². The van der Waals surface area contributed by atoms with Gasteiger partial charge < -0.3 is 10.8 Å². The summed E-state index contributed by atoms with van der Waals surface area (Å²) in [7, 11) is 0. The molecule has 0 saturated carbocycles. The Labute approximate surface area is 90.3 Å². The van der Waals surface area contributed by atoms with Gasteiger partial charge in [-0.3, -0.25) is 4.90 Å². The Morgan fingerprint density at radius 1 is 1.38 bits per heavy atom. The maximum Gasteiger partial charge on any atom is 0.409 e. The number of halogens is 2.